The molecule has 0 bridgehead atoms. The molecule has 2 aromatic carbocycles. The molecule has 10 heteroatoms. The molecule has 0 aliphatic heterocycles. The Morgan fingerprint density at radius 1 is 1.09 bits per heavy atom. The third-order valence-corrected chi connectivity index (χ3v) is 6.00. The number of amides is 1. The smallest absolute Gasteiger partial charge is 0.417 e. The topological polar surface area (TPSA) is 75.6 Å². The van der Waals surface area contributed by atoms with Crippen molar-refractivity contribution in [1.82, 2.24) is 5.32 Å². The number of carboxylic acid groups (broad SMARTS) is 1. The van der Waals surface area contributed by atoms with Crippen molar-refractivity contribution in [2.75, 3.05) is 7.11 Å². The summed E-state index contributed by atoms with van der Waals surface area (Å²) >= 11 is 0. The van der Waals surface area contributed by atoms with Crippen LogP contribution in [0.1, 0.15) is 48.5 Å². The van der Waals surface area contributed by atoms with E-state index in [2.05, 4.69) is 5.32 Å². The first-order valence-electron chi connectivity index (χ1n) is 10.2. The molecule has 178 valence electrons. The quantitative estimate of drug-likeness (QED) is 0.571. The zero-order chi connectivity index (χ0) is 24.6. The lowest BCUT2D eigenvalue weighted by Gasteiger charge is -2.36. The van der Waals surface area contributed by atoms with Gasteiger partial charge in [-0.05, 0) is 49.8 Å². The SMILES string of the molecule is COc1cc(F)c(-c2cc(C(=O)NC3(C(=O)O)CCC(C)CC3)ccc2C(F)(F)F)c(F)c1. The monoisotopic (exact) mass is 471 g/mol. The number of nitrogens with one attached hydrogen (secondary N) is 1. The molecular weight excluding hydrogens is 449 g/mol. The van der Waals surface area contributed by atoms with E-state index in [-0.39, 0.29) is 30.1 Å². The fourth-order valence-corrected chi connectivity index (χ4v) is 4.00. The molecular formula is C23H22F5NO4. The number of carbonyl (C=O) groups excluding carboxylic acids is 1. The Morgan fingerprint density at radius 2 is 1.67 bits per heavy atom. The molecule has 1 aliphatic carbocycles. The van der Waals surface area contributed by atoms with Crippen LogP contribution < -0.4 is 10.1 Å². The number of aliphatic carboxylic acids is 1. The molecule has 1 amide bonds. The van der Waals surface area contributed by atoms with Crippen molar-refractivity contribution >= 4 is 11.9 Å². The first-order chi connectivity index (χ1) is 15.4. The van der Waals surface area contributed by atoms with Crippen molar-refractivity contribution in [2.45, 2.75) is 44.3 Å². The maximum absolute atomic E-state index is 14.6. The third-order valence-electron chi connectivity index (χ3n) is 6.00. The Morgan fingerprint density at radius 3 is 2.15 bits per heavy atom. The molecule has 1 aliphatic rings. The molecule has 5 nitrogen and oxygen atoms in total. The van der Waals surface area contributed by atoms with E-state index in [1.807, 2.05) is 6.92 Å². The van der Waals surface area contributed by atoms with Gasteiger partial charge in [0.2, 0.25) is 0 Å². The molecule has 0 heterocycles. The molecule has 1 fully saturated rings. The van der Waals surface area contributed by atoms with Crippen molar-refractivity contribution in [1.29, 1.82) is 0 Å². The van der Waals surface area contributed by atoms with Gasteiger partial charge in [-0.15, -0.1) is 0 Å². The number of methoxy groups -OCH3 is 1. The van der Waals surface area contributed by atoms with Crippen LogP contribution in [0.4, 0.5) is 22.0 Å². The standard InChI is InChI=1S/C23H22F5NO4/c1-12-5-7-22(8-6-12,21(31)32)29-20(30)13-3-4-16(23(26,27)28)15(9-13)19-17(24)10-14(33-2)11-18(19)25/h3-4,9-12H,5-8H2,1-2H3,(H,29,30)(H,31,32). The Bertz CT molecular complexity index is 1050. The van der Waals surface area contributed by atoms with E-state index in [1.54, 1.807) is 0 Å². The maximum atomic E-state index is 14.6. The number of carbonyl (C=O) groups is 2. The van der Waals surface area contributed by atoms with E-state index in [4.69, 9.17) is 4.74 Å². The largest absolute Gasteiger partial charge is 0.497 e. The summed E-state index contributed by atoms with van der Waals surface area (Å²) in [5, 5.41) is 12.1. The summed E-state index contributed by atoms with van der Waals surface area (Å²) in [5.41, 5.74) is -5.12. The predicted octanol–water partition coefficient (Wildman–Crippen LogP) is 5.42. The van der Waals surface area contributed by atoms with Crippen molar-refractivity contribution in [3.05, 3.63) is 53.1 Å². The summed E-state index contributed by atoms with van der Waals surface area (Å²) in [7, 11) is 1.14. The second-order valence-corrected chi connectivity index (χ2v) is 8.25. The number of hydrogen-bond donors (Lipinski definition) is 2. The minimum atomic E-state index is -4.97. The van der Waals surface area contributed by atoms with E-state index >= 15 is 0 Å². The number of carboxylic acids is 1. The van der Waals surface area contributed by atoms with Crippen LogP contribution in [0.15, 0.2) is 30.3 Å². The summed E-state index contributed by atoms with van der Waals surface area (Å²) < 4.78 is 74.7. The number of hydrogen-bond acceptors (Lipinski definition) is 3. The van der Waals surface area contributed by atoms with Crippen LogP contribution in [0.3, 0.4) is 0 Å². The average Bonchev–Trinajstić information content (AvgIpc) is 2.73. The molecule has 0 radical (unpaired) electrons. The highest BCUT2D eigenvalue weighted by Gasteiger charge is 2.43. The molecule has 33 heavy (non-hydrogen) atoms. The molecule has 0 atom stereocenters. The molecule has 1 saturated carbocycles. The van der Waals surface area contributed by atoms with Gasteiger partial charge in [0.25, 0.3) is 5.91 Å². The second-order valence-electron chi connectivity index (χ2n) is 8.25. The van der Waals surface area contributed by atoms with E-state index < -0.39 is 51.9 Å². The number of ether oxygens (including phenoxy) is 1. The predicted molar refractivity (Wildman–Crippen MR) is 109 cm³/mol. The zero-order valence-electron chi connectivity index (χ0n) is 17.9. The minimum absolute atomic E-state index is 0.157. The summed E-state index contributed by atoms with van der Waals surface area (Å²) in [6.45, 7) is 1.95. The molecule has 0 spiro atoms. The highest BCUT2D eigenvalue weighted by molar-refractivity contribution is 5.99. The lowest BCUT2D eigenvalue weighted by atomic mass is 9.77. The third kappa shape index (κ3) is 4.94. The van der Waals surface area contributed by atoms with Gasteiger partial charge in [0.15, 0.2) is 0 Å². The number of rotatable bonds is 5. The lowest BCUT2D eigenvalue weighted by Crippen LogP contribution is -2.56. The van der Waals surface area contributed by atoms with E-state index in [9.17, 15) is 36.6 Å². The van der Waals surface area contributed by atoms with Crippen LogP contribution in [0.5, 0.6) is 5.75 Å². The number of alkyl halides is 3. The second kappa shape index (κ2) is 8.99. The first-order valence-corrected chi connectivity index (χ1v) is 10.2. The van der Waals surface area contributed by atoms with Crippen LogP contribution in [0, 0.1) is 17.6 Å². The Labute approximate surface area is 186 Å². The molecule has 2 N–H and O–H groups in total. The summed E-state index contributed by atoms with van der Waals surface area (Å²) in [4.78, 5) is 24.8. The Balaban J connectivity index is 2.07. The van der Waals surface area contributed by atoms with Crippen LogP contribution in [-0.2, 0) is 11.0 Å². The summed E-state index contributed by atoms with van der Waals surface area (Å²) in [6.07, 6.45) is -3.56. The van der Waals surface area contributed by atoms with Gasteiger partial charge in [-0.25, -0.2) is 13.6 Å². The summed E-state index contributed by atoms with van der Waals surface area (Å²) in [5.74, 6) is -4.77. The highest BCUT2D eigenvalue weighted by Crippen LogP contribution is 2.40. The van der Waals surface area contributed by atoms with Gasteiger partial charge >= 0.3 is 12.1 Å². The first kappa shape index (κ1) is 24.5. The number of benzene rings is 2. The molecule has 0 unspecified atom stereocenters. The Hall–Kier alpha value is -3.17. The van der Waals surface area contributed by atoms with Crippen molar-refractivity contribution in [2.24, 2.45) is 5.92 Å². The Kier molecular flexibility index (Phi) is 6.67. The minimum Gasteiger partial charge on any atom is -0.497 e. The fraction of sp³-hybridized carbons (Fsp3) is 0.391. The van der Waals surface area contributed by atoms with Crippen LogP contribution >= 0.6 is 0 Å². The average molecular weight is 471 g/mol. The van der Waals surface area contributed by atoms with E-state index in [0.29, 0.717) is 25.0 Å². The van der Waals surface area contributed by atoms with Gasteiger partial charge in [0.1, 0.15) is 22.9 Å². The van der Waals surface area contributed by atoms with Gasteiger partial charge in [-0.2, -0.15) is 13.2 Å². The lowest BCUT2D eigenvalue weighted by molar-refractivity contribution is -0.146. The molecule has 3 rings (SSSR count). The molecule has 0 saturated heterocycles. The van der Waals surface area contributed by atoms with Gasteiger partial charge in [-0.3, -0.25) is 4.79 Å². The molecule has 0 aromatic heterocycles. The van der Waals surface area contributed by atoms with Crippen molar-refractivity contribution in [3.63, 3.8) is 0 Å². The van der Waals surface area contributed by atoms with Crippen molar-refractivity contribution < 1.29 is 41.4 Å². The van der Waals surface area contributed by atoms with Crippen LogP contribution in [-0.4, -0.2) is 29.6 Å². The van der Waals surface area contributed by atoms with Crippen molar-refractivity contribution in [3.8, 4) is 16.9 Å². The maximum Gasteiger partial charge on any atom is 0.417 e. The highest BCUT2D eigenvalue weighted by atomic mass is 19.4. The van der Waals surface area contributed by atoms with E-state index in [1.165, 1.54) is 0 Å². The van der Waals surface area contributed by atoms with Crippen LogP contribution in [0.2, 0.25) is 0 Å². The van der Waals surface area contributed by atoms with Gasteiger partial charge in [0, 0.05) is 23.3 Å². The molecule has 2 aromatic rings. The van der Waals surface area contributed by atoms with Crippen LogP contribution in [0.25, 0.3) is 11.1 Å². The van der Waals surface area contributed by atoms with Gasteiger partial charge in [0.05, 0.1) is 18.2 Å². The number of halogens is 5. The van der Waals surface area contributed by atoms with E-state index in [0.717, 1.165) is 25.3 Å². The zero-order valence-corrected chi connectivity index (χ0v) is 17.9. The van der Waals surface area contributed by atoms with Gasteiger partial charge in [-0.1, -0.05) is 6.92 Å². The summed E-state index contributed by atoms with van der Waals surface area (Å²) in [6, 6.07) is 3.57. The fourth-order valence-electron chi connectivity index (χ4n) is 4.00. The normalized spacial score (nSPS) is 20.9. The van der Waals surface area contributed by atoms with Gasteiger partial charge < -0.3 is 15.2 Å².